The van der Waals surface area contributed by atoms with Gasteiger partial charge in [0, 0.05) is 18.2 Å². The number of nitrogens with two attached hydrogens (primary N) is 1. The number of halogens is 2. The number of rotatable bonds is 8. The van der Waals surface area contributed by atoms with Crippen LogP contribution in [0, 0.1) is 25.5 Å². The van der Waals surface area contributed by atoms with Crippen LogP contribution in [0.4, 0.5) is 8.78 Å². The van der Waals surface area contributed by atoms with E-state index in [-0.39, 0.29) is 48.0 Å². The molecular weight excluding hydrogens is 404 g/mol. The molecule has 6 nitrogen and oxygen atoms in total. The smallest absolute Gasteiger partial charge is 0.188 e. The van der Waals surface area contributed by atoms with E-state index in [4.69, 9.17) is 10.5 Å². The van der Waals surface area contributed by atoms with Crippen LogP contribution in [0.2, 0.25) is 0 Å². The molecule has 0 saturated carbocycles. The van der Waals surface area contributed by atoms with Crippen LogP contribution in [0.5, 0.6) is 5.75 Å². The number of carbonyl (C=O) groups is 2. The first-order chi connectivity index (χ1) is 14.5. The molecule has 0 aliphatic carbocycles. The van der Waals surface area contributed by atoms with E-state index in [1.165, 1.54) is 6.07 Å². The zero-order valence-electron chi connectivity index (χ0n) is 18.0. The topological polar surface area (TPSA) is 86.7 Å². The van der Waals surface area contributed by atoms with Crippen molar-refractivity contribution in [2.24, 2.45) is 5.73 Å². The molecule has 0 unspecified atom stereocenters. The lowest BCUT2D eigenvalue weighted by molar-refractivity contribution is -0.119. The van der Waals surface area contributed by atoms with Crippen LogP contribution in [-0.4, -0.2) is 26.5 Å². The van der Waals surface area contributed by atoms with Crippen molar-refractivity contribution in [1.29, 1.82) is 0 Å². The largest absolute Gasteiger partial charge is 0.485 e. The van der Waals surface area contributed by atoms with Gasteiger partial charge in [0.15, 0.2) is 17.2 Å². The molecule has 2 heterocycles. The van der Waals surface area contributed by atoms with Crippen molar-refractivity contribution in [3.63, 3.8) is 0 Å². The van der Waals surface area contributed by atoms with Gasteiger partial charge >= 0.3 is 0 Å². The fraction of sp³-hybridized carbons (Fsp3) is 0.348. The maximum absolute atomic E-state index is 13.9. The molecule has 0 amide bonds. The zero-order chi connectivity index (χ0) is 22.9. The molecule has 31 heavy (non-hydrogen) atoms. The molecular formula is C23H25F2N3O3. The molecule has 0 fully saturated rings. The van der Waals surface area contributed by atoms with Gasteiger partial charge in [-0.05, 0) is 51.5 Å². The summed E-state index contributed by atoms with van der Waals surface area (Å²) >= 11 is 0. The molecule has 0 aliphatic rings. The zero-order valence-corrected chi connectivity index (χ0v) is 18.0. The number of benzene rings is 1. The van der Waals surface area contributed by atoms with Gasteiger partial charge in [-0.15, -0.1) is 0 Å². The Balaban J connectivity index is 1.92. The van der Waals surface area contributed by atoms with Gasteiger partial charge in [-0.2, -0.15) is 0 Å². The highest BCUT2D eigenvalue weighted by molar-refractivity contribution is 6.08. The SMILES string of the molecule is Cc1cc(OCc2c(F)cccc2F)c2nc(C)c(C(=O)CC(=O)CC(C)(C)N)n2c1. The Bertz CT molecular complexity index is 1140. The van der Waals surface area contributed by atoms with Gasteiger partial charge in [0.2, 0.25) is 0 Å². The fourth-order valence-electron chi connectivity index (χ4n) is 3.45. The third-order valence-corrected chi connectivity index (χ3v) is 4.71. The molecule has 2 aromatic heterocycles. The lowest BCUT2D eigenvalue weighted by atomic mass is 9.96. The Morgan fingerprint density at radius 1 is 1.19 bits per heavy atom. The van der Waals surface area contributed by atoms with Gasteiger partial charge in [0.25, 0.3) is 0 Å². The first-order valence-corrected chi connectivity index (χ1v) is 9.85. The summed E-state index contributed by atoms with van der Waals surface area (Å²) in [6, 6.07) is 5.27. The Hall–Kier alpha value is -3.13. The minimum atomic E-state index is -0.708. The lowest BCUT2D eigenvalue weighted by Gasteiger charge is -2.16. The molecule has 0 aliphatic heterocycles. The van der Waals surface area contributed by atoms with Gasteiger partial charge in [-0.3, -0.25) is 14.0 Å². The molecule has 0 radical (unpaired) electrons. The van der Waals surface area contributed by atoms with Crippen molar-refractivity contribution in [3.05, 3.63) is 64.6 Å². The quantitative estimate of drug-likeness (QED) is 0.431. The van der Waals surface area contributed by atoms with Gasteiger partial charge in [-0.1, -0.05) is 6.07 Å². The van der Waals surface area contributed by atoms with E-state index in [2.05, 4.69) is 4.98 Å². The minimum absolute atomic E-state index is 0.0795. The number of ketones is 2. The number of ether oxygens (including phenoxy) is 1. The molecule has 3 aromatic rings. The average Bonchev–Trinajstić information content (AvgIpc) is 2.95. The van der Waals surface area contributed by atoms with Crippen molar-refractivity contribution in [2.45, 2.75) is 52.7 Å². The van der Waals surface area contributed by atoms with Gasteiger partial charge < -0.3 is 10.5 Å². The Kier molecular flexibility index (Phi) is 6.22. The van der Waals surface area contributed by atoms with E-state index >= 15 is 0 Å². The van der Waals surface area contributed by atoms with Crippen LogP contribution >= 0.6 is 0 Å². The maximum Gasteiger partial charge on any atom is 0.188 e. The highest BCUT2D eigenvalue weighted by atomic mass is 19.1. The monoisotopic (exact) mass is 429 g/mol. The average molecular weight is 429 g/mol. The molecule has 0 atom stereocenters. The standard InChI is InChI=1S/C23H25F2N3O3/c1-13-8-20(31-12-16-17(24)6-5-7-18(16)25)22-27-14(2)21(28(22)11-13)19(30)9-15(29)10-23(3,4)26/h5-8,11H,9-10,12,26H2,1-4H3. The molecule has 0 bridgehead atoms. The number of aryl methyl sites for hydroxylation is 2. The molecule has 8 heteroatoms. The molecule has 0 spiro atoms. The lowest BCUT2D eigenvalue weighted by Crippen LogP contribution is -2.35. The van der Waals surface area contributed by atoms with Crippen LogP contribution in [0.15, 0.2) is 30.5 Å². The Labute approximate surface area is 179 Å². The maximum atomic E-state index is 13.9. The first kappa shape index (κ1) is 22.6. The fourth-order valence-corrected chi connectivity index (χ4v) is 3.45. The summed E-state index contributed by atoms with van der Waals surface area (Å²) in [6.45, 7) is 6.56. The molecule has 3 rings (SSSR count). The van der Waals surface area contributed by atoms with Crippen molar-refractivity contribution < 1.29 is 23.1 Å². The van der Waals surface area contributed by atoms with E-state index in [0.29, 0.717) is 11.3 Å². The van der Waals surface area contributed by atoms with Crippen molar-refractivity contribution in [1.82, 2.24) is 9.38 Å². The normalized spacial score (nSPS) is 11.7. The molecule has 164 valence electrons. The molecule has 0 saturated heterocycles. The number of pyridine rings is 1. The molecule has 2 N–H and O–H groups in total. The summed E-state index contributed by atoms with van der Waals surface area (Å²) in [4.78, 5) is 29.5. The first-order valence-electron chi connectivity index (χ1n) is 9.85. The van der Waals surface area contributed by atoms with Gasteiger partial charge in [-0.25, -0.2) is 13.8 Å². The van der Waals surface area contributed by atoms with Crippen molar-refractivity contribution >= 4 is 17.2 Å². The number of carbonyl (C=O) groups excluding carboxylic acids is 2. The second kappa shape index (κ2) is 8.55. The third kappa shape index (κ3) is 5.14. The second-order valence-corrected chi connectivity index (χ2v) is 8.41. The summed E-state index contributed by atoms with van der Waals surface area (Å²) in [5, 5.41) is 0. The van der Waals surface area contributed by atoms with Gasteiger partial charge in [0.05, 0.1) is 17.7 Å². The number of hydrogen-bond donors (Lipinski definition) is 1. The van der Waals surface area contributed by atoms with E-state index in [1.54, 1.807) is 44.4 Å². The number of Topliss-reactive ketones (excluding diaryl/α,β-unsaturated/α-hetero) is 2. The van der Waals surface area contributed by atoms with Crippen LogP contribution < -0.4 is 10.5 Å². The van der Waals surface area contributed by atoms with Crippen LogP contribution in [0.25, 0.3) is 5.65 Å². The summed E-state index contributed by atoms with van der Waals surface area (Å²) < 4.78 is 35.1. The van der Waals surface area contributed by atoms with Crippen molar-refractivity contribution in [2.75, 3.05) is 0 Å². The molecule has 1 aromatic carbocycles. The number of nitrogens with zero attached hydrogens (tertiary/aromatic N) is 2. The number of imidazole rings is 1. The van der Waals surface area contributed by atoms with Crippen LogP contribution in [0.3, 0.4) is 0 Å². The van der Waals surface area contributed by atoms with E-state index in [0.717, 1.165) is 17.7 Å². The number of aromatic nitrogens is 2. The summed E-state index contributed by atoms with van der Waals surface area (Å²) in [5.41, 5.74) is 6.75. The third-order valence-electron chi connectivity index (χ3n) is 4.71. The Morgan fingerprint density at radius 3 is 2.45 bits per heavy atom. The van der Waals surface area contributed by atoms with E-state index < -0.39 is 17.2 Å². The predicted octanol–water partition coefficient (Wildman–Crippen LogP) is 4.08. The summed E-state index contributed by atoms with van der Waals surface area (Å²) in [5.74, 6) is -1.78. The van der Waals surface area contributed by atoms with E-state index in [1.807, 2.05) is 0 Å². The van der Waals surface area contributed by atoms with Gasteiger partial charge in [0.1, 0.15) is 29.7 Å². The highest BCUT2D eigenvalue weighted by Gasteiger charge is 2.24. The minimum Gasteiger partial charge on any atom is -0.485 e. The highest BCUT2D eigenvalue weighted by Crippen LogP contribution is 2.26. The summed E-state index contributed by atoms with van der Waals surface area (Å²) in [6.07, 6.45) is 1.49. The van der Waals surface area contributed by atoms with Crippen LogP contribution in [-0.2, 0) is 11.4 Å². The van der Waals surface area contributed by atoms with E-state index in [9.17, 15) is 18.4 Å². The Morgan fingerprint density at radius 2 is 1.84 bits per heavy atom. The van der Waals surface area contributed by atoms with Crippen LogP contribution in [0.1, 0.15) is 54.0 Å². The summed E-state index contributed by atoms with van der Waals surface area (Å²) in [7, 11) is 0. The number of fused-ring (bicyclic) bond motifs is 1. The predicted molar refractivity (Wildman–Crippen MR) is 112 cm³/mol. The van der Waals surface area contributed by atoms with Crippen molar-refractivity contribution in [3.8, 4) is 5.75 Å². The number of hydrogen-bond acceptors (Lipinski definition) is 5. The second-order valence-electron chi connectivity index (χ2n) is 8.41.